The Balaban J connectivity index is 1.34. The van der Waals surface area contributed by atoms with Gasteiger partial charge < -0.3 is 14.4 Å². The molecule has 0 unspecified atom stereocenters. The van der Waals surface area contributed by atoms with Crippen LogP contribution in [0.5, 0.6) is 5.75 Å². The molecule has 9 heteroatoms. The molecule has 0 aliphatic carbocycles. The van der Waals surface area contributed by atoms with Gasteiger partial charge in [0.25, 0.3) is 0 Å². The minimum atomic E-state index is -3.16. The minimum absolute atomic E-state index is 0.101. The largest absolute Gasteiger partial charge is 0.488 e. The molecule has 176 valence electrons. The number of hydrogen-bond donors (Lipinski definition) is 0. The van der Waals surface area contributed by atoms with Crippen LogP contribution < -0.4 is 4.74 Å². The fraction of sp³-hybridized carbons (Fsp3) is 0.652. The monoisotopic (exact) mass is 463 g/mol. The summed E-state index contributed by atoms with van der Waals surface area (Å²) in [5.74, 6) is 1.23. The number of fused-ring (bicyclic) bond motifs is 1. The second-order valence-electron chi connectivity index (χ2n) is 9.94. The zero-order valence-corrected chi connectivity index (χ0v) is 20.2. The third kappa shape index (κ3) is 5.26. The smallest absolute Gasteiger partial charge is 0.410 e. The van der Waals surface area contributed by atoms with E-state index < -0.39 is 15.6 Å². The van der Waals surface area contributed by atoms with Crippen LogP contribution in [0.2, 0.25) is 0 Å². The van der Waals surface area contributed by atoms with Gasteiger partial charge in [-0.1, -0.05) is 6.08 Å². The van der Waals surface area contributed by atoms with E-state index in [1.165, 1.54) is 10.6 Å². The predicted molar refractivity (Wildman–Crippen MR) is 122 cm³/mol. The molecule has 0 saturated carbocycles. The highest BCUT2D eigenvalue weighted by atomic mass is 32.2. The number of nitrogens with zero attached hydrogens (tertiary/aromatic N) is 3. The highest BCUT2D eigenvalue weighted by molar-refractivity contribution is 7.88. The first kappa shape index (κ1) is 23.0. The SMILES string of the molecule is CC(C)(C)OC(=O)N1CCC([C@@H]2Cc3cc(C4=CCN(S(C)(=O)=O)CC4)ncc3O2)CC1. The Morgan fingerprint density at radius 1 is 1.22 bits per heavy atom. The number of amides is 1. The van der Waals surface area contributed by atoms with Gasteiger partial charge in [0.05, 0.1) is 18.1 Å². The Bertz CT molecular complexity index is 1010. The van der Waals surface area contributed by atoms with Gasteiger partial charge in [-0.3, -0.25) is 4.98 Å². The van der Waals surface area contributed by atoms with E-state index in [4.69, 9.17) is 9.47 Å². The highest BCUT2D eigenvalue weighted by Crippen LogP contribution is 2.36. The van der Waals surface area contributed by atoms with Gasteiger partial charge in [0.2, 0.25) is 10.0 Å². The molecular weight excluding hydrogens is 430 g/mol. The number of likely N-dealkylation sites (tertiary alicyclic amines) is 1. The van der Waals surface area contributed by atoms with Gasteiger partial charge in [0.1, 0.15) is 17.5 Å². The van der Waals surface area contributed by atoms with Crippen molar-refractivity contribution in [3.63, 3.8) is 0 Å². The van der Waals surface area contributed by atoms with Crippen LogP contribution in [0, 0.1) is 5.92 Å². The first-order valence-electron chi connectivity index (χ1n) is 11.3. The Hall–Kier alpha value is -2.13. The average molecular weight is 464 g/mol. The van der Waals surface area contributed by atoms with E-state index in [1.807, 2.05) is 26.8 Å². The summed E-state index contributed by atoms with van der Waals surface area (Å²) in [6.07, 6.45) is 8.14. The van der Waals surface area contributed by atoms with Crippen molar-refractivity contribution in [2.75, 3.05) is 32.4 Å². The fourth-order valence-corrected chi connectivity index (χ4v) is 5.34. The molecule has 1 aromatic heterocycles. The molecule has 0 radical (unpaired) electrons. The first-order chi connectivity index (χ1) is 15.0. The highest BCUT2D eigenvalue weighted by Gasteiger charge is 2.35. The molecule has 1 atom stereocenters. The van der Waals surface area contributed by atoms with Crippen LogP contribution in [0.4, 0.5) is 4.79 Å². The maximum Gasteiger partial charge on any atom is 0.410 e. The summed E-state index contributed by atoms with van der Waals surface area (Å²) in [6, 6.07) is 2.09. The van der Waals surface area contributed by atoms with E-state index in [-0.39, 0.29) is 12.2 Å². The second-order valence-corrected chi connectivity index (χ2v) is 11.9. The molecule has 0 bridgehead atoms. The zero-order chi connectivity index (χ0) is 23.1. The lowest BCUT2D eigenvalue weighted by atomic mass is 9.89. The molecular formula is C23H33N3O5S. The van der Waals surface area contributed by atoms with Crippen LogP contribution in [-0.2, 0) is 21.2 Å². The van der Waals surface area contributed by atoms with Crippen LogP contribution in [0.25, 0.3) is 5.57 Å². The van der Waals surface area contributed by atoms with Crippen LogP contribution in [0.1, 0.15) is 51.3 Å². The van der Waals surface area contributed by atoms with Gasteiger partial charge in [-0.15, -0.1) is 0 Å². The molecule has 0 N–H and O–H groups in total. The van der Waals surface area contributed by atoms with E-state index in [1.54, 1.807) is 11.1 Å². The summed E-state index contributed by atoms with van der Waals surface area (Å²) in [4.78, 5) is 18.7. The standard InChI is InChI=1S/C23H33N3O5S/c1-23(2,3)31-22(27)25-9-5-17(6-10-25)20-14-18-13-19(24-15-21(18)30-20)16-7-11-26(12-8-16)32(4,28)29/h7,13,15,17,20H,5-6,8-12,14H2,1-4H3/t20-/m0/s1. The van der Waals surface area contributed by atoms with E-state index in [2.05, 4.69) is 11.1 Å². The first-order valence-corrected chi connectivity index (χ1v) is 13.1. The summed E-state index contributed by atoms with van der Waals surface area (Å²) in [5, 5.41) is 0. The lowest BCUT2D eigenvalue weighted by molar-refractivity contribution is 0.0123. The van der Waals surface area contributed by atoms with Crippen LogP contribution >= 0.6 is 0 Å². The van der Waals surface area contributed by atoms with E-state index in [0.717, 1.165) is 41.8 Å². The topological polar surface area (TPSA) is 89.0 Å². The number of hydrogen-bond acceptors (Lipinski definition) is 6. The third-order valence-electron chi connectivity index (χ3n) is 6.33. The Morgan fingerprint density at radius 2 is 1.94 bits per heavy atom. The van der Waals surface area contributed by atoms with Crippen molar-refractivity contribution in [2.24, 2.45) is 5.92 Å². The number of carbonyl (C=O) groups excluding carboxylic acids is 1. The summed E-state index contributed by atoms with van der Waals surface area (Å²) < 4.78 is 36.6. The van der Waals surface area contributed by atoms with Crippen molar-refractivity contribution < 1.29 is 22.7 Å². The van der Waals surface area contributed by atoms with Crippen molar-refractivity contribution in [1.29, 1.82) is 0 Å². The number of sulfonamides is 1. The summed E-state index contributed by atoms with van der Waals surface area (Å²) in [5.41, 5.74) is 2.66. The molecule has 1 saturated heterocycles. The maximum absolute atomic E-state index is 12.3. The Labute approximate surface area is 190 Å². The van der Waals surface area contributed by atoms with Crippen molar-refractivity contribution >= 4 is 21.7 Å². The van der Waals surface area contributed by atoms with Crippen LogP contribution in [0.15, 0.2) is 18.3 Å². The van der Waals surface area contributed by atoms with Crippen LogP contribution in [-0.4, -0.2) is 72.8 Å². The molecule has 1 aromatic rings. The van der Waals surface area contributed by atoms with Crippen LogP contribution in [0.3, 0.4) is 0 Å². The lowest BCUT2D eigenvalue weighted by Crippen LogP contribution is -2.44. The number of pyridine rings is 1. The maximum atomic E-state index is 12.3. The molecule has 32 heavy (non-hydrogen) atoms. The fourth-order valence-electron chi connectivity index (χ4n) is 4.57. The van der Waals surface area contributed by atoms with Gasteiger partial charge in [-0.2, -0.15) is 4.31 Å². The van der Waals surface area contributed by atoms with E-state index >= 15 is 0 Å². The van der Waals surface area contributed by atoms with Crippen molar-refractivity contribution in [2.45, 2.75) is 58.2 Å². The zero-order valence-electron chi connectivity index (χ0n) is 19.3. The predicted octanol–water partition coefficient (Wildman–Crippen LogP) is 3.08. The molecule has 1 amide bonds. The molecule has 0 spiro atoms. The Morgan fingerprint density at radius 3 is 2.53 bits per heavy atom. The molecule has 8 nitrogen and oxygen atoms in total. The number of aromatic nitrogens is 1. The Kier molecular flexibility index (Phi) is 6.24. The van der Waals surface area contributed by atoms with Crippen molar-refractivity contribution in [3.05, 3.63) is 29.6 Å². The summed E-state index contributed by atoms with van der Waals surface area (Å²) in [7, 11) is -3.16. The number of piperidine rings is 1. The number of rotatable bonds is 3. The van der Waals surface area contributed by atoms with Gasteiger partial charge in [0.15, 0.2) is 0 Å². The van der Waals surface area contributed by atoms with E-state index in [0.29, 0.717) is 38.5 Å². The van der Waals surface area contributed by atoms with Gasteiger partial charge >= 0.3 is 6.09 Å². The number of carbonyl (C=O) groups is 1. The van der Waals surface area contributed by atoms with Gasteiger partial charge in [-0.05, 0) is 57.6 Å². The van der Waals surface area contributed by atoms with Crippen molar-refractivity contribution in [1.82, 2.24) is 14.2 Å². The normalized spacial score (nSPS) is 22.8. The van der Waals surface area contributed by atoms with Crippen molar-refractivity contribution in [3.8, 4) is 5.75 Å². The third-order valence-corrected chi connectivity index (χ3v) is 7.60. The van der Waals surface area contributed by atoms with E-state index in [9.17, 15) is 13.2 Å². The summed E-state index contributed by atoms with van der Waals surface area (Å²) in [6.45, 7) is 7.89. The molecule has 4 rings (SSSR count). The molecule has 3 aliphatic heterocycles. The second kappa shape index (κ2) is 8.67. The molecule has 3 aliphatic rings. The summed E-state index contributed by atoms with van der Waals surface area (Å²) >= 11 is 0. The molecule has 4 heterocycles. The molecule has 1 fully saturated rings. The van der Waals surface area contributed by atoms with Gasteiger partial charge in [-0.25, -0.2) is 13.2 Å². The minimum Gasteiger partial charge on any atom is -0.488 e. The number of ether oxygens (including phenoxy) is 2. The average Bonchev–Trinajstić information content (AvgIpc) is 3.15. The van der Waals surface area contributed by atoms with Gasteiger partial charge in [0, 0.05) is 38.2 Å². The molecule has 0 aromatic carbocycles. The quantitative estimate of drug-likeness (QED) is 0.684. The lowest BCUT2D eigenvalue weighted by Gasteiger charge is -2.35.